The van der Waals surface area contributed by atoms with Crippen LogP contribution in [0.25, 0.3) is 0 Å². The average Bonchev–Trinajstić information content (AvgIpc) is 2.39. The number of benzene rings is 1. The second kappa shape index (κ2) is 7.22. The predicted molar refractivity (Wildman–Crippen MR) is 79.8 cm³/mol. The van der Waals surface area contributed by atoms with Gasteiger partial charge in [-0.2, -0.15) is 0 Å². The van der Waals surface area contributed by atoms with Gasteiger partial charge in [0.1, 0.15) is 0 Å². The lowest BCUT2D eigenvalue weighted by Gasteiger charge is -2.34. The fraction of sp³-hybridized carbons (Fsp3) is 0.500. The Morgan fingerprint density at radius 2 is 1.86 bits per heavy atom. The van der Waals surface area contributed by atoms with Crippen LogP contribution in [0.2, 0.25) is 0 Å². The number of carboxylic acids is 1. The maximum atomic E-state index is 12.4. The van der Waals surface area contributed by atoms with Crippen LogP contribution in [0, 0.1) is 5.92 Å². The lowest BCUT2D eigenvalue weighted by atomic mass is 9.85. The van der Waals surface area contributed by atoms with E-state index >= 15 is 0 Å². The van der Waals surface area contributed by atoms with E-state index in [1.54, 1.807) is 19.1 Å². The van der Waals surface area contributed by atoms with Crippen molar-refractivity contribution in [3.63, 3.8) is 0 Å². The molecule has 0 bridgehead atoms. The number of carboxylic acid groups (broad SMARTS) is 1. The SMILES string of the molecule is CO[C@@H](C(=O)NC(C)(CC(=O)O)C(C)C)c1ccccc1. The predicted octanol–water partition coefficient (Wildman–Crippen LogP) is 2.38. The minimum Gasteiger partial charge on any atom is -0.481 e. The van der Waals surface area contributed by atoms with Crippen LogP contribution in [0.5, 0.6) is 0 Å². The van der Waals surface area contributed by atoms with Crippen LogP contribution in [0.1, 0.15) is 38.9 Å². The Kier molecular flexibility index (Phi) is 5.90. The summed E-state index contributed by atoms with van der Waals surface area (Å²) in [6.45, 7) is 5.50. The van der Waals surface area contributed by atoms with Crippen LogP contribution in [-0.2, 0) is 14.3 Å². The van der Waals surface area contributed by atoms with E-state index in [-0.39, 0.29) is 18.2 Å². The van der Waals surface area contributed by atoms with Gasteiger partial charge in [0.2, 0.25) is 0 Å². The first-order valence-corrected chi connectivity index (χ1v) is 6.91. The summed E-state index contributed by atoms with van der Waals surface area (Å²) in [5.41, 5.74) is -0.0898. The van der Waals surface area contributed by atoms with Crippen LogP contribution in [0.3, 0.4) is 0 Å². The minimum atomic E-state index is -0.944. The second-order valence-electron chi connectivity index (χ2n) is 5.66. The molecule has 1 rings (SSSR count). The van der Waals surface area contributed by atoms with Gasteiger partial charge in [-0.1, -0.05) is 44.2 Å². The molecule has 0 saturated carbocycles. The molecule has 2 N–H and O–H groups in total. The van der Waals surface area contributed by atoms with E-state index < -0.39 is 17.6 Å². The summed E-state index contributed by atoms with van der Waals surface area (Å²) in [6, 6.07) is 9.12. The van der Waals surface area contributed by atoms with E-state index in [0.29, 0.717) is 0 Å². The lowest BCUT2D eigenvalue weighted by molar-refractivity contribution is -0.141. The Bertz CT molecular complexity index is 486. The van der Waals surface area contributed by atoms with Crippen molar-refractivity contribution < 1.29 is 19.4 Å². The molecule has 21 heavy (non-hydrogen) atoms. The number of amides is 1. The van der Waals surface area contributed by atoms with E-state index in [9.17, 15) is 9.59 Å². The zero-order chi connectivity index (χ0) is 16.0. The van der Waals surface area contributed by atoms with Gasteiger partial charge in [-0.15, -0.1) is 0 Å². The third-order valence-corrected chi connectivity index (χ3v) is 3.78. The Hall–Kier alpha value is -1.88. The number of carbonyl (C=O) groups excluding carboxylic acids is 1. The molecule has 5 nitrogen and oxygen atoms in total. The van der Waals surface area contributed by atoms with Gasteiger partial charge in [0.15, 0.2) is 6.10 Å². The summed E-state index contributed by atoms with van der Waals surface area (Å²) in [5.74, 6) is -1.30. The number of aliphatic carboxylic acids is 1. The number of ether oxygens (including phenoxy) is 1. The zero-order valence-electron chi connectivity index (χ0n) is 12.9. The highest BCUT2D eigenvalue weighted by molar-refractivity contribution is 5.83. The van der Waals surface area contributed by atoms with Gasteiger partial charge in [0, 0.05) is 7.11 Å². The monoisotopic (exact) mass is 293 g/mol. The van der Waals surface area contributed by atoms with Gasteiger partial charge in [-0.05, 0) is 18.4 Å². The molecule has 0 radical (unpaired) electrons. The second-order valence-corrected chi connectivity index (χ2v) is 5.66. The summed E-state index contributed by atoms with van der Waals surface area (Å²) in [7, 11) is 1.46. The van der Waals surface area contributed by atoms with Crippen molar-refractivity contribution >= 4 is 11.9 Å². The molecular weight excluding hydrogens is 270 g/mol. The quantitative estimate of drug-likeness (QED) is 0.809. The smallest absolute Gasteiger partial charge is 0.305 e. The Morgan fingerprint density at radius 1 is 1.29 bits per heavy atom. The number of hydrogen-bond acceptors (Lipinski definition) is 3. The van der Waals surface area contributed by atoms with Crippen molar-refractivity contribution in [1.29, 1.82) is 0 Å². The molecule has 0 aliphatic carbocycles. The zero-order valence-corrected chi connectivity index (χ0v) is 12.9. The topological polar surface area (TPSA) is 75.6 Å². The number of nitrogens with one attached hydrogen (secondary N) is 1. The number of rotatable bonds is 7. The highest BCUT2D eigenvalue weighted by Crippen LogP contribution is 2.24. The Labute approximate surface area is 125 Å². The van der Waals surface area contributed by atoms with Gasteiger partial charge in [0.25, 0.3) is 5.91 Å². The molecule has 0 aliphatic heterocycles. The molecule has 5 heteroatoms. The first-order valence-electron chi connectivity index (χ1n) is 6.91. The summed E-state index contributed by atoms with van der Waals surface area (Å²) in [4.78, 5) is 23.5. The van der Waals surface area contributed by atoms with Crippen molar-refractivity contribution in [2.75, 3.05) is 7.11 Å². The maximum Gasteiger partial charge on any atom is 0.305 e. The highest BCUT2D eigenvalue weighted by atomic mass is 16.5. The molecule has 1 aromatic carbocycles. The molecular formula is C16H23NO4. The van der Waals surface area contributed by atoms with Crippen molar-refractivity contribution in [3.8, 4) is 0 Å². The van der Waals surface area contributed by atoms with E-state index in [2.05, 4.69) is 5.32 Å². The van der Waals surface area contributed by atoms with Crippen LogP contribution in [-0.4, -0.2) is 29.6 Å². The highest BCUT2D eigenvalue weighted by Gasteiger charge is 2.35. The van der Waals surface area contributed by atoms with Crippen LogP contribution in [0.4, 0.5) is 0 Å². The molecule has 0 aliphatic rings. The minimum absolute atomic E-state index is 0.0224. The fourth-order valence-corrected chi connectivity index (χ4v) is 2.08. The van der Waals surface area contributed by atoms with Crippen LogP contribution < -0.4 is 5.32 Å². The number of carbonyl (C=O) groups is 2. The summed E-state index contributed by atoms with van der Waals surface area (Å²) < 4.78 is 5.27. The molecule has 1 unspecified atom stereocenters. The van der Waals surface area contributed by atoms with Crippen molar-refractivity contribution in [2.24, 2.45) is 5.92 Å². The van der Waals surface area contributed by atoms with E-state index in [1.165, 1.54) is 7.11 Å². The first-order chi connectivity index (χ1) is 9.80. The third-order valence-electron chi connectivity index (χ3n) is 3.78. The van der Waals surface area contributed by atoms with Crippen LogP contribution >= 0.6 is 0 Å². The Balaban J connectivity index is 2.92. The van der Waals surface area contributed by atoms with Crippen LogP contribution in [0.15, 0.2) is 30.3 Å². The molecule has 1 amide bonds. The fourth-order valence-electron chi connectivity index (χ4n) is 2.08. The molecule has 0 aromatic heterocycles. The largest absolute Gasteiger partial charge is 0.481 e. The molecule has 0 spiro atoms. The van der Waals surface area contributed by atoms with Gasteiger partial charge < -0.3 is 15.2 Å². The van der Waals surface area contributed by atoms with Crippen molar-refractivity contribution in [1.82, 2.24) is 5.32 Å². The van der Waals surface area contributed by atoms with E-state index in [1.807, 2.05) is 32.0 Å². The number of methoxy groups -OCH3 is 1. The normalized spacial score (nSPS) is 15.3. The molecule has 116 valence electrons. The lowest BCUT2D eigenvalue weighted by Crippen LogP contribution is -2.52. The molecule has 1 aromatic rings. The van der Waals surface area contributed by atoms with E-state index in [4.69, 9.17) is 9.84 Å². The third kappa shape index (κ3) is 4.56. The van der Waals surface area contributed by atoms with Crippen molar-refractivity contribution in [3.05, 3.63) is 35.9 Å². The van der Waals surface area contributed by atoms with Gasteiger partial charge in [0.05, 0.1) is 12.0 Å². The Morgan fingerprint density at radius 3 is 2.29 bits per heavy atom. The molecule has 0 heterocycles. The maximum absolute atomic E-state index is 12.4. The molecule has 0 saturated heterocycles. The van der Waals surface area contributed by atoms with Crippen molar-refractivity contribution in [2.45, 2.75) is 38.8 Å². The molecule has 0 fully saturated rings. The van der Waals surface area contributed by atoms with Gasteiger partial charge in [-0.3, -0.25) is 9.59 Å². The summed E-state index contributed by atoms with van der Waals surface area (Å²) in [5, 5.41) is 11.9. The van der Waals surface area contributed by atoms with E-state index in [0.717, 1.165) is 5.56 Å². The van der Waals surface area contributed by atoms with Gasteiger partial charge >= 0.3 is 5.97 Å². The molecule has 2 atom stereocenters. The summed E-state index contributed by atoms with van der Waals surface area (Å²) in [6.07, 6.45) is -0.889. The first kappa shape index (κ1) is 17.2. The number of hydrogen-bond donors (Lipinski definition) is 2. The average molecular weight is 293 g/mol. The van der Waals surface area contributed by atoms with Gasteiger partial charge in [-0.25, -0.2) is 0 Å². The summed E-state index contributed by atoms with van der Waals surface area (Å²) >= 11 is 0. The standard InChI is InChI=1S/C16H23NO4/c1-11(2)16(3,10-13(18)19)17-15(20)14(21-4)12-8-6-5-7-9-12/h5-9,11,14H,10H2,1-4H3,(H,17,20)(H,18,19)/t14-,16?/m1/s1.